The molecule has 3 heteroatoms. The summed E-state index contributed by atoms with van der Waals surface area (Å²) in [4.78, 5) is 12.0. The number of benzene rings is 3. The third kappa shape index (κ3) is 4.13. The first-order valence-electron chi connectivity index (χ1n) is 11.2. The molecule has 1 heterocycles. The van der Waals surface area contributed by atoms with E-state index in [1.165, 1.54) is 47.7 Å². The predicted molar refractivity (Wildman–Crippen MR) is 125 cm³/mol. The van der Waals surface area contributed by atoms with Crippen LogP contribution in [0.3, 0.4) is 0 Å². The summed E-state index contributed by atoms with van der Waals surface area (Å²) >= 11 is 0. The van der Waals surface area contributed by atoms with Gasteiger partial charge in [0.2, 0.25) is 0 Å². The summed E-state index contributed by atoms with van der Waals surface area (Å²) in [6, 6.07) is 25.2. The molecule has 0 unspecified atom stereocenters. The van der Waals surface area contributed by atoms with Crippen molar-refractivity contribution < 1.29 is 9.90 Å². The molecular formula is C28H27NO2. The van der Waals surface area contributed by atoms with E-state index in [0.29, 0.717) is 17.9 Å². The van der Waals surface area contributed by atoms with Crippen LogP contribution in [-0.2, 0) is 13.0 Å². The highest BCUT2D eigenvalue weighted by Crippen LogP contribution is 2.35. The van der Waals surface area contributed by atoms with Gasteiger partial charge in [-0.15, -0.1) is 0 Å². The maximum absolute atomic E-state index is 12.0. The fourth-order valence-electron chi connectivity index (χ4n) is 4.96. The van der Waals surface area contributed by atoms with Gasteiger partial charge in [0.1, 0.15) is 0 Å². The van der Waals surface area contributed by atoms with E-state index in [0.717, 1.165) is 17.7 Å². The van der Waals surface area contributed by atoms with Crippen LogP contribution in [-0.4, -0.2) is 15.6 Å². The Balaban J connectivity index is 1.40. The topological polar surface area (TPSA) is 42.2 Å². The lowest BCUT2D eigenvalue weighted by atomic mass is 9.91. The number of rotatable bonds is 6. The number of nitrogens with zero attached hydrogens (tertiary/aromatic N) is 1. The fourth-order valence-corrected chi connectivity index (χ4v) is 4.96. The molecule has 1 saturated carbocycles. The van der Waals surface area contributed by atoms with Gasteiger partial charge in [0.25, 0.3) is 0 Å². The molecule has 31 heavy (non-hydrogen) atoms. The molecule has 0 bridgehead atoms. The standard InChI is InChI=1S/C28H27NO2/c30-28(31)26-18-23(22-8-4-5-9-22)11-12-24(26)16-21-10-13-27-25(17-21)14-15-29(27)19-20-6-2-1-3-7-20/h1-3,6-7,10-15,17-18,22H,4-5,8-9,16,19H2,(H,30,31). The minimum atomic E-state index is -0.829. The number of carboxylic acid groups (broad SMARTS) is 1. The monoisotopic (exact) mass is 409 g/mol. The van der Waals surface area contributed by atoms with Crippen LogP contribution in [0.25, 0.3) is 10.9 Å². The zero-order valence-corrected chi connectivity index (χ0v) is 17.6. The van der Waals surface area contributed by atoms with Gasteiger partial charge in [0.15, 0.2) is 0 Å². The molecule has 0 aliphatic heterocycles. The minimum absolute atomic E-state index is 0.450. The van der Waals surface area contributed by atoms with Crippen molar-refractivity contribution in [2.24, 2.45) is 0 Å². The van der Waals surface area contributed by atoms with Crippen molar-refractivity contribution in [2.45, 2.75) is 44.6 Å². The first-order valence-corrected chi connectivity index (χ1v) is 11.2. The number of aromatic carboxylic acids is 1. The van der Waals surface area contributed by atoms with Crippen molar-refractivity contribution in [3.05, 3.63) is 107 Å². The van der Waals surface area contributed by atoms with Crippen molar-refractivity contribution in [1.29, 1.82) is 0 Å². The second-order valence-corrected chi connectivity index (χ2v) is 8.70. The second-order valence-electron chi connectivity index (χ2n) is 8.70. The van der Waals surface area contributed by atoms with Gasteiger partial charge in [-0.25, -0.2) is 4.79 Å². The molecule has 1 aliphatic rings. The van der Waals surface area contributed by atoms with Crippen molar-refractivity contribution >= 4 is 16.9 Å². The van der Waals surface area contributed by atoms with Crippen molar-refractivity contribution in [3.63, 3.8) is 0 Å². The van der Waals surface area contributed by atoms with E-state index in [9.17, 15) is 9.90 Å². The Hall–Kier alpha value is -3.33. The summed E-state index contributed by atoms with van der Waals surface area (Å²) in [7, 11) is 0. The zero-order chi connectivity index (χ0) is 21.2. The number of fused-ring (bicyclic) bond motifs is 1. The van der Waals surface area contributed by atoms with Crippen molar-refractivity contribution in [3.8, 4) is 0 Å². The normalized spacial score (nSPS) is 14.3. The summed E-state index contributed by atoms with van der Waals surface area (Å²) in [6.07, 6.45) is 7.61. The second kappa shape index (κ2) is 8.43. The maximum atomic E-state index is 12.0. The molecular weight excluding hydrogens is 382 g/mol. The minimum Gasteiger partial charge on any atom is -0.478 e. The number of hydrogen-bond donors (Lipinski definition) is 1. The molecule has 0 atom stereocenters. The van der Waals surface area contributed by atoms with Gasteiger partial charge in [0.05, 0.1) is 5.56 Å². The Labute approximate surface area is 183 Å². The van der Waals surface area contributed by atoms with Gasteiger partial charge in [-0.2, -0.15) is 0 Å². The summed E-state index contributed by atoms with van der Waals surface area (Å²) in [5.41, 5.74) is 6.14. The third-order valence-electron chi connectivity index (χ3n) is 6.62. The summed E-state index contributed by atoms with van der Waals surface area (Å²) < 4.78 is 2.26. The van der Waals surface area contributed by atoms with Gasteiger partial charge in [-0.05, 0) is 77.1 Å². The van der Waals surface area contributed by atoms with E-state index >= 15 is 0 Å². The Morgan fingerprint density at radius 2 is 1.71 bits per heavy atom. The molecule has 0 saturated heterocycles. The lowest BCUT2D eigenvalue weighted by Gasteiger charge is -2.14. The van der Waals surface area contributed by atoms with Crippen LogP contribution < -0.4 is 0 Å². The third-order valence-corrected chi connectivity index (χ3v) is 6.62. The average molecular weight is 410 g/mol. The van der Waals surface area contributed by atoms with E-state index in [1.54, 1.807) is 0 Å². The Morgan fingerprint density at radius 1 is 0.903 bits per heavy atom. The van der Waals surface area contributed by atoms with Crippen LogP contribution in [0.5, 0.6) is 0 Å². The highest BCUT2D eigenvalue weighted by Gasteiger charge is 2.20. The van der Waals surface area contributed by atoms with Gasteiger partial charge in [-0.1, -0.05) is 61.4 Å². The molecule has 4 aromatic rings. The molecule has 0 spiro atoms. The van der Waals surface area contributed by atoms with Gasteiger partial charge in [-0.3, -0.25) is 0 Å². The van der Waals surface area contributed by atoms with Gasteiger partial charge in [0, 0.05) is 18.3 Å². The summed E-state index contributed by atoms with van der Waals surface area (Å²) in [5.74, 6) is -0.308. The van der Waals surface area contributed by atoms with Crippen molar-refractivity contribution in [1.82, 2.24) is 4.57 Å². The largest absolute Gasteiger partial charge is 0.478 e. The van der Waals surface area contributed by atoms with Crippen LogP contribution in [0.2, 0.25) is 0 Å². The van der Waals surface area contributed by atoms with Crippen LogP contribution in [0, 0.1) is 0 Å². The highest BCUT2D eigenvalue weighted by atomic mass is 16.4. The van der Waals surface area contributed by atoms with E-state index in [1.807, 2.05) is 18.2 Å². The maximum Gasteiger partial charge on any atom is 0.335 e. The molecule has 1 aliphatic carbocycles. The highest BCUT2D eigenvalue weighted by molar-refractivity contribution is 5.90. The molecule has 0 radical (unpaired) electrons. The lowest BCUT2D eigenvalue weighted by Crippen LogP contribution is -2.06. The molecule has 5 rings (SSSR count). The molecule has 3 nitrogen and oxygen atoms in total. The zero-order valence-electron chi connectivity index (χ0n) is 17.6. The Kier molecular flexibility index (Phi) is 5.33. The molecule has 0 amide bonds. The fraction of sp³-hybridized carbons (Fsp3) is 0.250. The average Bonchev–Trinajstić information content (AvgIpc) is 3.45. The molecule has 156 valence electrons. The number of carboxylic acids is 1. The van der Waals surface area contributed by atoms with Crippen LogP contribution in [0.15, 0.2) is 79.0 Å². The first kappa shape index (κ1) is 19.6. The van der Waals surface area contributed by atoms with Crippen LogP contribution >= 0.6 is 0 Å². The Morgan fingerprint density at radius 3 is 2.48 bits per heavy atom. The van der Waals surface area contributed by atoms with Crippen LogP contribution in [0.1, 0.15) is 64.2 Å². The Bertz CT molecular complexity index is 1220. The van der Waals surface area contributed by atoms with E-state index < -0.39 is 5.97 Å². The lowest BCUT2D eigenvalue weighted by molar-refractivity contribution is 0.0695. The SMILES string of the molecule is O=C(O)c1cc(C2CCCC2)ccc1Cc1ccc2c(ccn2Cc2ccccc2)c1. The first-order chi connectivity index (χ1) is 15.2. The summed E-state index contributed by atoms with van der Waals surface area (Å²) in [6.45, 7) is 0.843. The van der Waals surface area contributed by atoms with Gasteiger partial charge >= 0.3 is 5.97 Å². The quantitative estimate of drug-likeness (QED) is 0.388. The molecule has 1 N–H and O–H groups in total. The summed E-state index contributed by atoms with van der Waals surface area (Å²) in [5, 5.41) is 11.0. The van der Waals surface area contributed by atoms with E-state index in [4.69, 9.17) is 0 Å². The number of carbonyl (C=O) groups is 1. The molecule has 1 aromatic heterocycles. The van der Waals surface area contributed by atoms with E-state index in [-0.39, 0.29) is 0 Å². The van der Waals surface area contributed by atoms with Gasteiger partial charge < -0.3 is 9.67 Å². The number of aromatic nitrogens is 1. The van der Waals surface area contributed by atoms with Crippen LogP contribution in [0.4, 0.5) is 0 Å². The molecule has 3 aromatic carbocycles. The number of hydrogen-bond acceptors (Lipinski definition) is 1. The van der Waals surface area contributed by atoms with Crippen molar-refractivity contribution in [2.75, 3.05) is 0 Å². The van der Waals surface area contributed by atoms with E-state index in [2.05, 4.69) is 65.4 Å². The smallest absolute Gasteiger partial charge is 0.335 e. The molecule has 1 fully saturated rings. The predicted octanol–water partition coefficient (Wildman–Crippen LogP) is 6.64.